The fraction of sp³-hybridized carbons (Fsp3) is 0.200. The number of carbonyl (C=O) groups is 1. The third-order valence-electron chi connectivity index (χ3n) is 2.81. The van der Waals surface area contributed by atoms with Crippen LogP contribution in [-0.2, 0) is 0 Å². The summed E-state index contributed by atoms with van der Waals surface area (Å²) < 4.78 is 5.20. The number of hydrogen-bond donors (Lipinski definition) is 2. The standard InChI is InChI=1S/C15H16ClN3O2/c1-3-17-14-8-10(11(16)9-18-14)15(20)19-12-6-4-5-7-13(12)21-2/h4-9H,3H2,1-2H3,(H,17,18)(H,19,20). The Hall–Kier alpha value is -2.27. The highest BCUT2D eigenvalue weighted by Crippen LogP contribution is 2.25. The summed E-state index contributed by atoms with van der Waals surface area (Å²) in [5, 5.41) is 6.12. The van der Waals surface area contributed by atoms with Gasteiger partial charge in [-0.1, -0.05) is 23.7 Å². The van der Waals surface area contributed by atoms with E-state index in [1.54, 1.807) is 25.3 Å². The summed E-state index contributed by atoms with van der Waals surface area (Å²) in [6.45, 7) is 2.66. The number of ether oxygens (including phenoxy) is 1. The van der Waals surface area contributed by atoms with Crippen molar-refractivity contribution in [2.24, 2.45) is 0 Å². The number of halogens is 1. The first-order valence-corrected chi connectivity index (χ1v) is 6.87. The fourth-order valence-electron chi connectivity index (χ4n) is 1.83. The van der Waals surface area contributed by atoms with Gasteiger partial charge in [-0.2, -0.15) is 0 Å². The molecule has 0 atom stereocenters. The van der Waals surface area contributed by atoms with Gasteiger partial charge in [0.05, 0.1) is 23.4 Å². The van der Waals surface area contributed by atoms with Gasteiger partial charge in [-0.25, -0.2) is 4.98 Å². The molecule has 0 radical (unpaired) electrons. The largest absolute Gasteiger partial charge is 0.495 e. The Labute approximate surface area is 128 Å². The molecule has 0 aliphatic carbocycles. The van der Waals surface area contributed by atoms with Crippen molar-refractivity contribution in [3.63, 3.8) is 0 Å². The van der Waals surface area contributed by atoms with Gasteiger partial charge in [0.25, 0.3) is 5.91 Å². The van der Waals surface area contributed by atoms with Crippen molar-refractivity contribution in [1.29, 1.82) is 0 Å². The third-order valence-corrected chi connectivity index (χ3v) is 3.11. The van der Waals surface area contributed by atoms with Gasteiger partial charge in [0.15, 0.2) is 0 Å². The Kier molecular flexibility index (Phi) is 5.00. The quantitative estimate of drug-likeness (QED) is 0.888. The molecule has 6 heteroatoms. The summed E-state index contributed by atoms with van der Waals surface area (Å²) >= 11 is 6.05. The summed E-state index contributed by atoms with van der Waals surface area (Å²) in [6.07, 6.45) is 1.46. The zero-order valence-electron chi connectivity index (χ0n) is 11.8. The molecule has 1 aromatic heterocycles. The summed E-state index contributed by atoms with van der Waals surface area (Å²) in [5.74, 6) is 0.876. The van der Waals surface area contributed by atoms with E-state index >= 15 is 0 Å². The summed E-state index contributed by atoms with van der Waals surface area (Å²) in [4.78, 5) is 16.5. The summed E-state index contributed by atoms with van der Waals surface area (Å²) in [5.41, 5.74) is 0.941. The van der Waals surface area contributed by atoms with Crippen molar-refractivity contribution in [3.8, 4) is 5.75 Å². The molecule has 1 heterocycles. The monoisotopic (exact) mass is 305 g/mol. The molecule has 2 N–H and O–H groups in total. The SMILES string of the molecule is CCNc1cc(C(=O)Nc2ccccc2OC)c(Cl)cn1. The Morgan fingerprint density at radius 2 is 2.14 bits per heavy atom. The van der Waals surface area contributed by atoms with Crippen molar-refractivity contribution in [1.82, 2.24) is 4.98 Å². The number of nitrogens with one attached hydrogen (secondary N) is 2. The number of pyridine rings is 1. The lowest BCUT2D eigenvalue weighted by Gasteiger charge is -2.11. The van der Waals surface area contributed by atoms with Gasteiger partial charge in [0.1, 0.15) is 11.6 Å². The van der Waals surface area contributed by atoms with E-state index in [0.717, 1.165) is 0 Å². The van der Waals surface area contributed by atoms with Gasteiger partial charge < -0.3 is 15.4 Å². The maximum Gasteiger partial charge on any atom is 0.257 e. The topological polar surface area (TPSA) is 63.2 Å². The number of anilines is 2. The molecule has 2 rings (SSSR count). The first kappa shape index (κ1) is 15.1. The Morgan fingerprint density at radius 1 is 1.38 bits per heavy atom. The molecular weight excluding hydrogens is 290 g/mol. The molecule has 21 heavy (non-hydrogen) atoms. The average molecular weight is 306 g/mol. The maximum absolute atomic E-state index is 12.4. The second kappa shape index (κ2) is 6.95. The van der Waals surface area contributed by atoms with E-state index in [1.165, 1.54) is 6.20 Å². The molecule has 0 saturated carbocycles. The van der Waals surface area contributed by atoms with Crippen LogP contribution in [0.15, 0.2) is 36.5 Å². The van der Waals surface area contributed by atoms with Crippen molar-refractivity contribution < 1.29 is 9.53 Å². The van der Waals surface area contributed by atoms with Crippen LogP contribution in [0.1, 0.15) is 17.3 Å². The zero-order valence-corrected chi connectivity index (χ0v) is 12.6. The van der Waals surface area contributed by atoms with Crippen LogP contribution in [0.2, 0.25) is 5.02 Å². The predicted octanol–water partition coefficient (Wildman–Crippen LogP) is 3.43. The van der Waals surface area contributed by atoms with Crippen LogP contribution in [0.25, 0.3) is 0 Å². The molecular formula is C15H16ClN3O2. The second-order valence-electron chi connectivity index (χ2n) is 4.23. The number of methoxy groups -OCH3 is 1. The first-order valence-electron chi connectivity index (χ1n) is 6.49. The molecule has 0 unspecified atom stereocenters. The number of para-hydroxylation sites is 2. The second-order valence-corrected chi connectivity index (χ2v) is 4.64. The molecule has 5 nitrogen and oxygen atoms in total. The Morgan fingerprint density at radius 3 is 2.86 bits per heavy atom. The van der Waals surface area contributed by atoms with E-state index in [1.807, 2.05) is 19.1 Å². The van der Waals surface area contributed by atoms with E-state index in [4.69, 9.17) is 16.3 Å². The van der Waals surface area contributed by atoms with Gasteiger partial charge in [0, 0.05) is 12.7 Å². The van der Waals surface area contributed by atoms with E-state index < -0.39 is 0 Å². The molecule has 110 valence electrons. The molecule has 0 spiro atoms. The summed E-state index contributed by atoms with van der Waals surface area (Å²) in [7, 11) is 1.55. The predicted molar refractivity (Wildman–Crippen MR) is 84.4 cm³/mol. The van der Waals surface area contributed by atoms with Gasteiger partial charge in [-0.05, 0) is 25.1 Å². The van der Waals surface area contributed by atoms with Gasteiger partial charge in [0.2, 0.25) is 0 Å². The highest BCUT2D eigenvalue weighted by molar-refractivity contribution is 6.34. The lowest BCUT2D eigenvalue weighted by Crippen LogP contribution is -2.14. The van der Waals surface area contributed by atoms with Crippen LogP contribution < -0.4 is 15.4 Å². The molecule has 0 aliphatic rings. The third kappa shape index (κ3) is 3.64. The number of aromatic nitrogens is 1. The van der Waals surface area contributed by atoms with Crippen molar-refractivity contribution >= 4 is 29.0 Å². The lowest BCUT2D eigenvalue weighted by molar-refractivity contribution is 0.102. The van der Waals surface area contributed by atoms with E-state index in [-0.39, 0.29) is 5.91 Å². The smallest absolute Gasteiger partial charge is 0.257 e. The first-order chi connectivity index (χ1) is 10.2. The van der Waals surface area contributed by atoms with Crippen LogP contribution in [0.3, 0.4) is 0 Å². The van der Waals surface area contributed by atoms with Gasteiger partial charge in [-0.3, -0.25) is 4.79 Å². The number of amides is 1. The van der Waals surface area contributed by atoms with Crippen LogP contribution in [0.4, 0.5) is 11.5 Å². The molecule has 0 fully saturated rings. The molecule has 0 saturated heterocycles. The van der Waals surface area contributed by atoms with Crippen LogP contribution >= 0.6 is 11.6 Å². The van der Waals surface area contributed by atoms with E-state index in [0.29, 0.717) is 34.4 Å². The average Bonchev–Trinajstić information content (AvgIpc) is 2.50. The van der Waals surface area contributed by atoms with Crippen molar-refractivity contribution in [2.45, 2.75) is 6.92 Å². The zero-order chi connectivity index (χ0) is 15.2. The van der Waals surface area contributed by atoms with Crippen LogP contribution in [0, 0.1) is 0 Å². The number of nitrogens with zero attached hydrogens (tertiary/aromatic N) is 1. The maximum atomic E-state index is 12.4. The van der Waals surface area contributed by atoms with Crippen molar-refractivity contribution in [3.05, 3.63) is 47.1 Å². The number of carbonyl (C=O) groups excluding carboxylic acids is 1. The van der Waals surface area contributed by atoms with Gasteiger partial charge in [-0.15, -0.1) is 0 Å². The Balaban J connectivity index is 2.25. The minimum absolute atomic E-state index is 0.295. The van der Waals surface area contributed by atoms with Gasteiger partial charge >= 0.3 is 0 Å². The molecule has 0 aliphatic heterocycles. The number of benzene rings is 1. The van der Waals surface area contributed by atoms with Crippen LogP contribution in [-0.4, -0.2) is 24.5 Å². The molecule has 0 bridgehead atoms. The summed E-state index contributed by atoms with van der Waals surface area (Å²) in [6, 6.07) is 8.80. The number of hydrogen-bond acceptors (Lipinski definition) is 4. The molecule has 1 aromatic carbocycles. The van der Waals surface area contributed by atoms with Crippen molar-refractivity contribution in [2.75, 3.05) is 24.3 Å². The van der Waals surface area contributed by atoms with Crippen LogP contribution in [0.5, 0.6) is 5.75 Å². The highest BCUT2D eigenvalue weighted by Gasteiger charge is 2.14. The van der Waals surface area contributed by atoms with E-state index in [2.05, 4.69) is 15.6 Å². The minimum atomic E-state index is -0.314. The minimum Gasteiger partial charge on any atom is -0.495 e. The normalized spacial score (nSPS) is 10.0. The van der Waals surface area contributed by atoms with E-state index in [9.17, 15) is 4.79 Å². The fourth-order valence-corrected chi connectivity index (χ4v) is 2.02. The molecule has 2 aromatic rings. The molecule has 1 amide bonds. The lowest BCUT2D eigenvalue weighted by atomic mass is 10.2. The highest BCUT2D eigenvalue weighted by atomic mass is 35.5. The Bertz CT molecular complexity index is 647. The number of rotatable bonds is 5.